The molecule has 102 valence electrons. The number of rotatable bonds is 9. The van der Waals surface area contributed by atoms with E-state index in [4.69, 9.17) is 9.84 Å². The van der Waals surface area contributed by atoms with Crippen LogP contribution in [0.2, 0.25) is 0 Å². The monoisotopic (exact) mass is 244 g/mol. The molecule has 0 aromatic rings. The molecule has 0 bridgehead atoms. The maximum atomic E-state index is 11.4. The highest BCUT2D eigenvalue weighted by Gasteiger charge is 2.15. The van der Waals surface area contributed by atoms with Crippen LogP contribution in [0.1, 0.15) is 72.1 Å². The third-order valence-corrected chi connectivity index (χ3v) is 2.46. The molecule has 0 rings (SSSR count). The van der Waals surface area contributed by atoms with Crippen LogP contribution in [0, 0.1) is 0 Å². The highest BCUT2D eigenvalue weighted by molar-refractivity contribution is 5.69. The maximum Gasteiger partial charge on any atom is 0.306 e. The average Bonchev–Trinajstić information content (AvgIpc) is 2.19. The summed E-state index contributed by atoms with van der Waals surface area (Å²) in [6.07, 6.45) is 8.15. The largest absolute Gasteiger partial charge is 0.460 e. The topological polar surface area (TPSA) is 46.5 Å². The predicted octanol–water partition coefficient (Wildman–Crippen LogP) is 3.44. The van der Waals surface area contributed by atoms with E-state index in [0.717, 1.165) is 25.7 Å². The summed E-state index contributed by atoms with van der Waals surface area (Å²) >= 11 is 0. The van der Waals surface area contributed by atoms with E-state index in [1.807, 2.05) is 20.8 Å². The van der Waals surface area contributed by atoms with Crippen molar-refractivity contribution in [1.29, 1.82) is 0 Å². The second kappa shape index (κ2) is 9.46. The first-order chi connectivity index (χ1) is 7.95. The van der Waals surface area contributed by atoms with Gasteiger partial charge in [0.2, 0.25) is 0 Å². The molecule has 0 saturated heterocycles. The quantitative estimate of drug-likeness (QED) is 0.499. The molecule has 0 aromatic heterocycles. The summed E-state index contributed by atoms with van der Waals surface area (Å²) in [6, 6.07) is 0. The van der Waals surface area contributed by atoms with E-state index >= 15 is 0 Å². The van der Waals surface area contributed by atoms with E-state index in [0.29, 0.717) is 13.0 Å². The number of carbonyl (C=O) groups is 1. The van der Waals surface area contributed by atoms with Gasteiger partial charge in [0, 0.05) is 13.0 Å². The first kappa shape index (κ1) is 16.4. The number of aliphatic hydroxyl groups excluding tert-OH is 1. The normalized spacial score (nSPS) is 11.5. The van der Waals surface area contributed by atoms with Gasteiger partial charge >= 0.3 is 5.97 Å². The van der Waals surface area contributed by atoms with Gasteiger partial charge in [0.05, 0.1) is 0 Å². The molecule has 0 aliphatic heterocycles. The van der Waals surface area contributed by atoms with Crippen LogP contribution in [-0.4, -0.2) is 23.3 Å². The molecule has 1 N–H and O–H groups in total. The number of esters is 1. The van der Waals surface area contributed by atoms with Gasteiger partial charge in [-0.15, -0.1) is 0 Å². The first-order valence-corrected chi connectivity index (χ1v) is 6.78. The van der Waals surface area contributed by atoms with Crippen LogP contribution in [0.3, 0.4) is 0 Å². The van der Waals surface area contributed by atoms with Gasteiger partial charge < -0.3 is 9.84 Å². The standard InChI is InChI=1S/C14H28O3/c1-14(2,3)17-13(16)11-9-7-5-4-6-8-10-12-15/h15H,4-12H2,1-3H3. The maximum absolute atomic E-state index is 11.4. The second-order valence-corrected chi connectivity index (χ2v) is 5.53. The minimum atomic E-state index is -0.360. The van der Waals surface area contributed by atoms with Crippen molar-refractivity contribution in [2.75, 3.05) is 6.61 Å². The summed E-state index contributed by atoms with van der Waals surface area (Å²) in [5, 5.41) is 8.61. The van der Waals surface area contributed by atoms with Crippen molar-refractivity contribution in [3.8, 4) is 0 Å². The summed E-state index contributed by atoms with van der Waals surface area (Å²) in [5.41, 5.74) is -0.360. The van der Waals surface area contributed by atoms with Gasteiger partial charge in [-0.2, -0.15) is 0 Å². The Balaban J connectivity index is 3.25. The van der Waals surface area contributed by atoms with Crippen LogP contribution in [0.25, 0.3) is 0 Å². The summed E-state index contributed by atoms with van der Waals surface area (Å²) < 4.78 is 5.23. The number of unbranched alkanes of at least 4 members (excludes halogenated alkanes) is 6. The Kier molecular flexibility index (Phi) is 9.14. The molecule has 3 nitrogen and oxygen atoms in total. The van der Waals surface area contributed by atoms with Crippen LogP contribution in [0.15, 0.2) is 0 Å². The molecule has 0 saturated carbocycles. The number of ether oxygens (including phenoxy) is 1. The second-order valence-electron chi connectivity index (χ2n) is 5.53. The third kappa shape index (κ3) is 13.4. The van der Waals surface area contributed by atoms with Gasteiger partial charge in [0.1, 0.15) is 5.60 Å². The number of hydrogen-bond acceptors (Lipinski definition) is 3. The summed E-state index contributed by atoms with van der Waals surface area (Å²) in [5.74, 6) is -0.0854. The fourth-order valence-corrected chi connectivity index (χ4v) is 1.66. The first-order valence-electron chi connectivity index (χ1n) is 6.78. The lowest BCUT2D eigenvalue weighted by atomic mass is 10.1. The molecule has 0 fully saturated rings. The Bertz CT molecular complexity index is 194. The zero-order chi connectivity index (χ0) is 13.1. The molecule has 0 spiro atoms. The molecule has 0 heterocycles. The SMILES string of the molecule is CC(C)(C)OC(=O)CCCCCCCCCO. The Hall–Kier alpha value is -0.570. The van der Waals surface area contributed by atoms with Crippen molar-refractivity contribution >= 4 is 5.97 Å². The molecule has 0 radical (unpaired) electrons. The number of carbonyl (C=O) groups excluding carboxylic acids is 1. The van der Waals surface area contributed by atoms with E-state index < -0.39 is 0 Å². The molecule has 3 heteroatoms. The molecular weight excluding hydrogens is 216 g/mol. The fourth-order valence-electron chi connectivity index (χ4n) is 1.66. The smallest absolute Gasteiger partial charge is 0.306 e. The van der Waals surface area contributed by atoms with Gasteiger partial charge in [-0.1, -0.05) is 32.1 Å². The van der Waals surface area contributed by atoms with E-state index in [1.165, 1.54) is 19.3 Å². The van der Waals surface area contributed by atoms with Gasteiger partial charge in [0.25, 0.3) is 0 Å². The lowest BCUT2D eigenvalue weighted by Gasteiger charge is -2.19. The van der Waals surface area contributed by atoms with Crippen molar-refractivity contribution in [3.05, 3.63) is 0 Å². The van der Waals surface area contributed by atoms with E-state index in [9.17, 15) is 4.79 Å². The fraction of sp³-hybridized carbons (Fsp3) is 0.929. The lowest BCUT2D eigenvalue weighted by Crippen LogP contribution is -2.23. The minimum Gasteiger partial charge on any atom is -0.460 e. The minimum absolute atomic E-state index is 0.0854. The molecule has 0 amide bonds. The van der Waals surface area contributed by atoms with Crippen molar-refractivity contribution in [2.45, 2.75) is 77.7 Å². The Labute approximate surface area is 106 Å². The summed E-state index contributed by atoms with van der Waals surface area (Å²) in [7, 11) is 0. The van der Waals surface area contributed by atoms with Crippen molar-refractivity contribution in [3.63, 3.8) is 0 Å². The zero-order valence-electron chi connectivity index (χ0n) is 11.6. The van der Waals surface area contributed by atoms with Crippen molar-refractivity contribution in [2.24, 2.45) is 0 Å². The molecular formula is C14H28O3. The molecule has 17 heavy (non-hydrogen) atoms. The van der Waals surface area contributed by atoms with E-state index in [-0.39, 0.29) is 11.6 Å². The molecule has 0 atom stereocenters. The highest BCUT2D eigenvalue weighted by atomic mass is 16.6. The average molecular weight is 244 g/mol. The van der Waals surface area contributed by atoms with Gasteiger partial charge in [-0.25, -0.2) is 0 Å². The number of hydrogen-bond donors (Lipinski definition) is 1. The molecule has 0 aliphatic rings. The van der Waals surface area contributed by atoms with E-state index in [1.54, 1.807) is 0 Å². The van der Waals surface area contributed by atoms with Gasteiger partial charge in [-0.05, 0) is 33.6 Å². The highest BCUT2D eigenvalue weighted by Crippen LogP contribution is 2.12. The Morgan fingerprint density at radius 2 is 1.41 bits per heavy atom. The number of aliphatic hydroxyl groups is 1. The van der Waals surface area contributed by atoms with Crippen LogP contribution >= 0.6 is 0 Å². The van der Waals surface area contributed by atoms with Crippen LogP contribution in [0.4, 0.5) is 0 Å². The molecule has 0 aromatic carbocycles. The lowest BCUT2D eigenvalue weighted by molar-refractivity contribution is -0.154. The van der Waals surface area contributed by atoms with Crippen LogP contribution in [0.5, 0.6) is 0 Å². The third-order valence-electron chi connectivity index (χ3n) is 2.46. The van der Waals surface area contributed by atoms with Crippen molar-refractivity contribution in [1.82, 2.24) is 0 Å². The van der Waals surface area contributed by atoms with Crippen LogP contribution < -0.4 is 0 Å². The van der Waals surface area contributed by atoms with E-state index in [2.05, 4.69) is 0 Å². The van der Waals surface area contributed by atoms with Gasteiger partial charge in [-0.3, -0.25) is 4.79 Å². The zero-order valence-corrected chi connectivity index (χ0v) is 11.6. The molecule has 0 unspecified atom stereocenters. The van der Waals surface area contributed by atoms with Crippen molar-refractivity contribution < 1.29 is 14.6 Å². The summed E-state index contributed by atoms with van der Waals surface area (Å²) in [6.45, 7) is 5.99. The van der Waals surface area contributed by atoms with Gasteiger partial charge in [0.15, 0.2) is 0 Å². The Morgan fingerprint density at radius 1 is 0.941 bits per heavy atom. The predicted molar refractivity (Wildman–Crippen MR) is 69.9 cm³/mol. The Morgan fingerprint density at radius 3 is 1.88 bits per heavy atom. The van der Waals surface area contributed by atoms with Crippen LogP contribution in [-0.2, 0) is 9.53 Å². The summed E-state index contributed by atoms with van der Waals surface area (Å²) in [4.78, 5) is 11.4. The molecule has 0 aliphatic carbocycles.